The van der Waals surface area contributed by atoms with Crippen molar-refractivity contribution in [3.8, 4) is 0 Å². The van der Waals surface area contributed by atoms with Crippen LogP contribution in [0.5, 0.6) is 0 Å². The Morgan fingerprint density at radius 1 is 1.48 bits per heavy atom. The molecule has 2 aromatic rings. The predicted molar refractivity (Wildman–Crippen MR) is 79.3 cm³/mol. The molecule has 0 radical (unpaired) electrons. The quantitative estimate of drug-likeness (QED) is 0.640. The molecule has 0 fully saturated rings. The maximum atomic E-state index is 12.2. The van der Waals surface area contributed by atoms with Crippen LogP contribution in [0.1, 0.15) is 33.4 Å². The number of Topliss-reactive ketones (excluding diaryl/α,β-unsaturated/α-hetero) is 1. The van der Waals surface area contributed by atoms with Crippen molar-refractivity contribution in [3.05, 3.63) is 39.3 Å². The zero-order valence-corrected chi connectivity index (χ0v) is 12.9. The molecule has 112 valence electrons. The van der Waals surface area contributed by atoms with Crippen LogP contribution in [0.4, 0.5) is 0 Å². The van der Waals surface area contributed by atoms with Crippen molar-refractivity contribution in [2.45, 2.75) is 20.0 Å². The van der Waals surface area contributed by atoms with Crippen molar-refractivity contribution in [1.82, 2.24) is 15.1 Å². The molecule has 0 bridgehead atoms. The number of aromatic nitrogens is 2. The summed E-state index contributed by atoms with van der Waals surface area (Å²) in [5.74, 6) is -1.36. The fraction of sp³-hybridized carbons (Fsp3) is 0.357. The number of hydrogen-bond donors (Lipinski definition) is 2. The topological polar surface area (TPSA) is 84.2 Å². The van der Waals surface area contributed by atoms with E-state index in [4.69, 9.17) is 0 Å². The molecule has 2 aromatic heterocycles. The van der Waals surface area contributed by atoms with E-state index in [0.29, 0.717) is 17.0 Å². The number of nitrogens with zero attached hydrogens (tertiary/aromatic N) is 2. The average molecular weight is 307 g/mol. The van der Waals surface area contributed by atoms with Crippen LogP contribution in [-0.4, -0.2) is 33.1 Å². The number of aliphatic hydroxyl groups is 1. The number of rotatable bonds is 5. The van der Waals surface area contributed by atoms with E-state index in [-0.39, 0.29) is 6.54 Å². The molecule has 0 saturated heterocycles. The van der Waals surface area contributed by atoms with Gasteiger partial charge in [0.05, 0.1) is 17.4 Å². The highest BCUT2D eigenvalue weighted by Gasteiger charge is 2.24. The molecule has 7 heteroatoms. The van der Waals surface area contributed by atoms with Gasteiger partial charge in [-0.25, -0.2) is 0 Å². The highest BCUT2D eigenvalue weighted by Crippen LogP contribution is 2.16. The van der Waals surface area contributed by atoms with Crippen LogP contribution in [0, 0.1) is 13.8 Å². The molecule has 6 nitrogen and oxygen atoms in total. The van der Waals surface area contributed by atoms with E-state index < -0.39 is 17.8 Å². The monoisotopic (exact) mass is 307 g/mol. The number of carbonyl (C=O) groups is 2. The number of hydrogen-bond acceptors (Lipinski definition) is 5. The number of amides is 1. The molecular weight excluding hydrogens is 290 g/mol. The molecule has 0 aliphatic rings. The minimum Gasteiger partial charge on any atom is -0.387 e. The number of aryl methyl sites for hydroxylation is 2. The Bertz CT molecular complexity index is 661. The fourth-order valence-electron chi connectivity index (χ4n) is 2.07. The lowest BCUT2D eigenvalue weighted by molar-refractivity contribution is -0.117. The lowest BCUT2D eigenvalue weighted by atomic mass is 10.1. The van der Waals surface area contributed by atoms with Crippen LogP contribution in [0.2, 0.25) is 0 Å². The van der Waals surface area contributed by atoms with Crippen molar-refractivity contribution in [2.75, 3.05) is 6.54 Å². The Kier molecular flexibility index (Phi) is 4.54. The maximum absolute atomic E-state index is 12.2. The number of ketones is 1. The van der Waals surface area contributed by atoms with E-state index in [9.17, 15) is 14.7 Å². The van der Waals surface area contributed by atoms with Gasteiger partial charge in [0, 0.05) is 19.3 Å². The van der Waals surface area contributed by atoms with E-state index in [1.54, 1.807) is 37.0 Å². The molecule has 2 N–H and O–H groups in total. The Morgan fingerprint density at radius 2 is 2.19 bits per heavy atom. The highest BCUT2D eigenvalue weighted by atomic mass is 32.1. The molecule has 21 heavy (non-hydrogen) atoms. The molecule has 0 aliphatic carbocycles. The lowest BCUT2D eigenvalue weighted by Crippen LogP contribution is -2.34. The summed E-state index contributed by atoms with van der Waals surface area (Å²) in [5, 5.41) is 20.1. The number of thiophene rings is 1. The Hall–Kier alpha value is -1.99. The standard InChI is InChI=1S/C14H17N3O3S/c1-8-12(9(2)17(3)16-8)13(19)14(20)15-6-11(18)10-4-5-21-7-10/h4-5,7,11,18H,6H2,1-3H3,(H,15,20). The first kappa shape index (κ1) is 15.4. The van der Waals surface area contributed by atoms with E-state index in [2.05, 4.69) is 10.4 Å². The third-order valence-corrected chi connectivity index (χ3v) is 4.03. The summed E-state index contributed by atoms with van der Waals surface area (Å²) < 4.78 is 1.57. The highest BCUT2D eigenvalue weighted by molar-refractivity contribution is 7.07. The van der Waals surface area contributed by atoms with Gasteiger partial charge in [0.25, 0.3) is 11.7 Å². The number of nitrogens with one attached hydrogen (secondary N) is 1. The van der Waals surface area contributed by atoms with Crippen LogP contribution >= 0.6 is 11.3 Å². The summed E-state index contributed by atoms with van der Waals surface area (Å²) in [7, 11) is 1.72. The van der Waals surface area contributed by atoms with Crippen molar-refractivity contribution < 1.29 is 14.7 Å². The number of aliphatic hydroxyl groups excluding tert-OH is 1. The van der Waals surface area contributed by atoms with Crippen molar-refractivity contribution >= 4 is 23.0 Å². The van der Waals surface area contributed by atoms with Gasteiger partial charge in [-0.2, -0.15) is 16.4 Å². The Morgan fingerprint density at radius 3 is 2.71 bits per heavy atom. The molecule has 1 amide bonds. The normalized spacial score (nSPS) is 12.2. The largest absolute Gasteiger partial charge is 0.387 e. The van der Waals surface area contributed by atoms with Crippen LogP contribution in [0.3, 0.4) is 0 Å². The first-order valence-electron chi connectivity index (χ1n) is 6.44. The smallest absolute Gasteiger partial charge is 0.292 e. The van der Waals surface area contributed by atoms with Gasteiger partial charge in [-0.15, -0.1) is 0 Å². The van der Waals surface area contributed by atoms with Crippen molar-refractivity contribution in [2.24, 2.45) is 7.05 Å². The van der Waals surface area contributed by atoms with Crippen molar-refractivity contribution in [1.29, 1.82) is 0 Å². The minimum atomic E-state index is -0.816. The minimum absolute atomic E-state index is 0.000333. The summed E-state index contributed by atoms with van der Waals surface area (Å²) in [4.78, 5) is 24.1. The molecule has 2 rings (SSSR count). The van der Waals surface area contributed by atoms with Gasteiger partial charge in [-0.3, -0.25) is 14.3 Å². The zero-order valence-electron chi connectivity index (χ0n) is 12.1. The molecule has 0 aromatic carbocycles. The van der Waals surface area contributed by atoms with Crippen LogP contribution in [0.25, 0.3) is 0 Å². The van der Waals surface area contributed by atoms with Gasteiger partial charge in [0.1, 0.15) is 0 Å². The van der Waals surface area contributed by atoms with E-state index in [0.717, 1.165) is 5.56 Å². The Balaban J connectivity index is 2.02. The van der Waals surface area contributed by atoms with Crippen LogP contribution in [0.15, 0.2) is 16.8 Å². The summed E-state index contributed by atoms with van der Waals surface area (Å²) in [6.45, 7) is 3.42. The maximum Gasteiger partial charge on any atom is 0.292 e. The van der Waals surface area contributed by atoms with Gasteiger partial charge in [-0.1, -0.05) is 0 Å². The van der Waals surface area contributed by atoms with E-state index >= 15 is 0 Å². The third-order valence-electron chi connectivity index (χ3n) is 3.33. The first-order valence-corrected chi connectivity index (χ1v) is 7.39. The molecular formula is C14H17N3O3S. The van der Waals surface area contributed by atoms with Crippen LogP contribution in [-0.2, 0) is 11.8 Å². The molecule has 0 saturated carbocycles. The average Bonchev–Trinajstić information content (AvgIpc) is 3.05. The second-order valence-electron chi connectivity index (χ2n) is 4.78. The second kappa shape index (κ2) is 6.19. The van der Waals surface area contributed by atoms with Gasteiger partial charge >= 0.3 is 0 Å². The second-order valence-corrected chi connectivity index (χ2v) is 5.56. The number of carbonyl (C=O) groups excluding carboxylic acids is 2. The fourth-order valence-corrected chi connectivity index (χ4v) is 2.77. The first-order chi connectivity index (χ1) is 9.91. The summed E-state index contributed by atoms with van der Waals surface area (Å²) in [5.41, 5.74) is 2.21. The zero-order chi connectivity index (χ0) is 15.6. The van der Waals surface area contributed by atoms with Gasteiger partial charge in [0.2, 0.25) is 0 Å². The third kappa shape index (κ3) is 3.20. The van der Waals surface area contributed by atoms with Gasteiger partial charge < -0.3 is 10.4 Å². The molecule has 0 spiro atoms. The predicted octanol–water partition coefficient (Wildman–Crippen LogP) is 1.13. The molecule has 1 unspecified atom stereocenters. The molecule has 0 aliphatic heterocycles. The lowest BCUT2D eigenvalue weighted by Gasteiger charge is -2.10. The summed E-state index contributed by atoms with van der Waals surface area (Å²) in [6, 6.07) is 1.78. The van der Waals surface area contributed by atoms with Gasteiger partial charge in [0.15, 0.2) is 0 Å². The van der Waals surface area contributed by atoms with Gasteiger partial charge in [-0.05, 0) is 36.2 Å². The Labute approximate surface area is 126 Å². The summed E-state index contributed by atoms with van der Waals surface area (Å²) >= 11 is 1.46. The molecule has 2 heterocycles. The van der Waals surface area contributed by atoms with Crippen molar-refractivity contribution in [3.63, 3.8) is 0 Å². The van der Waals surface area contributed by atoms with E-state index in [1.165, 1.54) is 11.3 Å². The summed E-state index contributed by atoms with van der Waals surface area (Å²) in [6.07, 6.45) is -0.816. The van der Waals surface area contributed by atoms with Crippen LogP contribution < -0.4 is 5.32 Å². The van der Waals surface area contributed by atoms with E-state index in [1.807, 2.05) is 5.38 Å². The SMILES string of the molecule is Cc1nn(C)c(C)c1C(=O)C(=O)NCC(O)c1ccsc1. The molecule has 1 atom stereocenters.